The Morgan fingerprint density at radius 2 is 2.13 bits per heavy atom. The standard InChI is InChI=1S/C23H29N5O2/c1-3-24-23(28-12-14-30-22(17-28)19-15-26-27(2)16-19)25-11-13-29-21-10-6-8-18-7-4-5-9-20(18)21/h4-10,15-16,22H,3,11-14,17H2,1-2H3,(H,24,25). The van der Waals surface area contributed by atoms with Gasteiger partial charge in [0.15, 0.2) is 5.96 Å². The fourth-order valence-electron chi connectivity index (χ4n) is 3.70. The highest BCUT2D eigenvalue weighted by Gasteiger charge is 2.25. The topological polar surface area (TPSA) is 63.9 Å². The van der Waals surface area contributed by atoms with E-state index < -0.39 is 0 Å². The molecule has 0 spiro atoms. The Hall–Kier alpha value is -3.06. The molecule has 1 N–H and O–H groups in total. The van der Waals surface area contributed by atoms with E-state index in [0.717, 1.165) is 42.3 Å². The van der Waals surface area contributed by atoms with Gasteiger partial charge in [-0.05, 0) is 18.4 Å². The summed E-state index contributed by atoms with van der Waals surface area (Å²) < 4.78 is 13.8. The van der Waals surface area contributed by atoms with Crippen molar-refractivity contribution < 1.29 is 9.47 Å². The summed E-state index contributed by atoms with van der Waals surface area (Å²) in [6, 6.07) is 14.4. The molecule has 1 atom stereocenters. The van der Waals surface area contributed by atoms with Crippen molar-refractivity contribution in [2.45, 2.75) is 13.0 Å². The van der Waals surface area contributed by atoms with Crippen LogP contribution in [0.25, 0.3) is 10.8 Å². The number of hydrogen-bond donors (Lipinski definition) is 1. The summed E-state index contributed by atoms with van der Waals surface area (Å²) in [7, 11) is 1.92. The van der Waals surface area contributed by atoms with E-state index >= 15 is 0 Å². The molecule has 1 unspecified atom stereocenters. The second-order valence-electron chi connectivity index (χ2n) is 7.31. The van der Waals surface area contributed by atoms with Gasteiger partial charge in [0.05, 0.1) is 25.9 Å². The van der Waals surface area contributed by atoms with Crippen LogP contribution >= 0.6 is 0 Å². The summed E-state index contributed by atoms with van der Waals surface area (Å²) in [5.74, 6) is 1.80. The number of nitrogens with one attached hydrogen (secondary N) is 1. The summed E-state index contributed by atoms with van der Waals surface area (Å²) >= 11 is 0. The molecule has 7 heteroatoms. The van der Waals surface area contributed by atoms with Gasteiger partial charge in [-0.3, -0.25) is 4.68 Å². The van der Waals surface area contributed by atoms with E-state index in [2.05, 4.69) is 40.4 Å². The number of aliphatic imine (C=N–C) groups is 1. The van der Waals surface area contributed by atoms with E-state index in [0.29, 0.717) is 19.8 Å². The van der Waals surface area contributed by atoms with Crippen LogP contribution in [0, 0.1) is 0 Å². The van der Waals surface area contributed by atoms with Crippen LogP contribution in [0.2, 0.25) is 0 Å². The number of aryl methyl sites for hydroxylation is 1. The Morgan fingerprint density at radius 1 is 1.27 bits per heavy atom. The van der Waals surface area contributed by atoms with Gasteiger partial charge in [0.2, 0.25) is 0 Å². The minimum absolute atomic E-state index is 0.00300. The van der Waals surface area contributed by atoms with Crippen molar-refractivity contribution in [3.8, 4) is 5.75 Å². The van der Waals surface area contributed by atoms with E-state index in [1.807, 2.05) is 48.4 Å². The third-order valence-corrected chi connectivity index (χ3v) is 5.16. The Morgan fingerprint density at radius 3 is 2.97 bits per heavy atom. The van der Waals surface area contributed by atoms with Crippen LogP contribution < -0.4 is 10.1 Å². The largest absolute Gasteiger partial charge is 0.491 e. The lowest BCUT2D eigenvalue weighted by Gasteiger charge is -2.34. The van der Waals surface area contributed by atoms with Gasteiger partial charge in [-0.15, -0.1) is 0 Å². The first kappa shape index (κ1) is 20.2. The van der Waals surface area contributed by atoms with E-state index in [9.17, 15) is 0 Å². The van der Waals surface area contributed by atoms with Crippen molar-refractivity contribution in [1.29, 1.82) is 0 Å². The Balaban J connectivity index is 1.38. The van der Waals surface area contributed by atoms with Crippen molar-refractivity contribution in [2.75, 3.05) is 39.4 Å². The second kappa shape index (κ2) is 9.63. The van der Waals surface area contributed by atoms with Gasteiger partial charge in [0.1, 0.15) is 18.5 Å². The fourth-order valence-corrected chi connectivity index (χ4v) is 3.70. The number of nitrogens with zero attached hydrogens (tertiary/aromatic N) is 4. The molecule has 0 saturated carbocycles. The van der Waals surface area contributed by atoms with Crippen molar-refractivity contribution in [1.82, 2.24) is 20.0 Å². The molecule has 7 nitrogen and oxygen atoms in total. The molecule has 0 amide bonds. The summed E-state index contributed by atoms with van der Waals surface area (Å²) in [6.45, 7) is 6.24. The lowest BCUT2D eigenvalue weighted by Crippen LogP contribution is -2.48. The number of ether oxygens (including phenoxy) is 2. The van der Waals surface area contributed by atoms with Crippen LogP contribution in [0.15, 0.2) is 59.9 Å². The van der Waals surface area contributed by atoms with Crippen molar-refractivity contribution in [2.24, 2.45) is 12.0 Å². The quantitative estimate of drug-likeness (QED) is 0.387. The predicted molar refractivity (Wildman–Crippen MR) is 119 cm³/mol. The number of guanidine groups is 1. The molecular formula is C23H29N5O2. The van der Waals surface area contributed by atoms with Gasteiger partial charge in [-0.25, -0.2) is 4.99 Å². The van der Waals surface area contributed by atoms with Gasteiger partial charge in [0, 0.05) is 37.3 Å². The minimum Gasteiger partial charge on any atom is -0.491 e. The van der Waals surface area contributed by atoms with Crippen molar-refractivity contribution in [3.05, 3.63) is 60.4 Å². The highest BCUT2D eigenvalue weighted by molar-refractivity contribution is 5.88. The number of aromatic nitrogens is 2. The number of benzene rings is 2. The number of fused-ring (bicyclic) bond motifs is 1. The Kier molecular flexibility index (Phi) is 6.49. The SMILES string of the molecule is CCNC(=NCCOc1cccc2ccccc12)N1CCOC(c2cnn(C)c2)C1. The molecule has 1 fully saturated rings. The summed E-state index contributed by atoms with van der Waals surface area (Å²) in [4.78, 5) is 7.05. The lowest BCUT2D eigenvalue weighted by molar-refractivity contribution is -0.00805. The predicted octanol–water partition coefficient (Wildman–Crippen LogP) is 2.99. The van der Waals surface area contributed by atoms with Gasteiger partial charge < -0.3 is 19.7 Å². The normalized spacial score (nSPS) is 17.3. The summed E-state index contributed by atoms with van der Waals surface area (Å²) in [5.41, 5.74) is 1.09. The van der Waals surface area contributed by atoms with Crippen LogP contribution in [-0.4, -0.2) is 60.0 Å². The van der Waals surface area contributed by atoms with Gasteiger partial charge in [-0.2, -0.15) is 5.10 Å². The maximum absolute atomic E-state index is 6.04. The monoisotopic (exact) mass is 407 g/mol. The second-order valence-corrected chi connectivity index (χ2v) is 7.31. The van der Waals surface area contributed by atoms with Crippen molar-refractivity contribution in [3.63, 3.8) is 0 Å². The maximum atomic E-state index is 6.04. The van der Waals surface area contributed by atoms with Gasteiger partial charge in [0.25, 0.3) is 0 Å². The van der Waals surface area contributed by atoms with Crippen LogP contribution in [-0.2, 0) is 11.8 Å². The molecule has 1 aliphatic heterocycles. The summed E-state index contributed by atoms with van der Waals surface area (Å²) in [5, 5.41) is 9.98. The minimum atomic E-state index is 0.00300. The summed E-state index contributed by atoms with van der Waals surface area (Å²) in [6.07, 6.45) is 3.88. The smallest absolute Gasteiger partial charge is 0.194 e. The van der Waals surface area contributed by atoms with Crippen LogP contribution in [0.1, 0.15) is 18.6 Å². The van der Waals surface area contributed by atoms with E-state index in [4.69, 9.17) is 14.5 Å². The zero-order chi connectivity index (χ0) is 20.8. The fraction of sp³-hybridized carbons (Fsp3) is 0.391. The lowest BCUT2D eigenvalue weighted by atomic mass is 10.1. The van der Waals surface area contributed by atoms with E-state index in [1.165, 1.54) is 5.39 Å². The highest BCUT2D eigenvalue weighted by atomic mass is 16.5. The zero-order valence-electron chi connectivity index (χ0n) is 17.6. The zero-order valence-corrected chi connectivity index (χ0v) is 17.6. The van der Waals surface area contributed by atoms with Crippen LogP contribution in [0.4, 0.5) is 0 Å². The Bertz CT molecular complexity index is 995. The molecule has 0 aliphatic carbocycles. The maximum Gasteiger partial charge on any atom is 0.194 e. The third-order valence-electron chi connectivity index (χ3n) is 5.16. The van der Waals surface area contributed by atoms with Crippen LogP contribution in [0.5, 0.6) is 5.75 Å². The van der Waals surface area contributed by atoms with Crippen molar-refractivity contribution >= 4 is 16.7 Å². The highest BCUT2D eigenvalue weighted by Crippen LogP contribution is 2.25. The molecule has 4 rings (SSSR count). The molecule has 0 radical (unpaired) electrons. The van der Waals surface area contributed by atoms with E-state index in [-0.39, 0.29) is 6.10 Å². The Labute approximate surface area is 177 Å². The molecule has 3 aromatic rings. The molecular weight excluding hydrogens is 378 g/mol. The number of morpholine rings is 1. The number of rotatable bonds is 6. The average Bonchev–Trinajstić information content (AvgIpc) is 3.22. The molecule has 2 heterocycles. The van der Waals surface area contributed by atoms with E-state index in [1.54, 1.807) is 0 Å². The molecule has 158 valence electrons. The molecule has 0 bridgehead atoms. The van der Waals surface area contributed by atoms with Gasteiger partial charge >= 0.3 is 0 Å². The first-order chi connectivity index (χ1) is 14.7. The first-order valence-corrected chi connectivity index (χ1v) is 10.5. The average molecular weight is 408 g/mol. The molecule has 1 aliphatic rings. The first-order valence-electron chi connectivity index (χ1n) is 10.5. The molecule has 30 heavy (non-hydrogen) atoms. The molecule has 2 aromatic carbocycles. The number of hydrogen-bond acceptors (Lipinski definition) is 4. The van der Waals surface area contributed by atoms with Gasteiger partial charge in [-0.1, -0.05) is 36.4 Å². The van der Waals surface area contributed by atoms with Crippen LogP contribution in [0.3, 0.4) is 0 Å². The molecule has 1 saturated heterocycles. The molecule has 1 aromatic heterocycles. The third kappa shape index (κ3) is 4.74.